The maximum Gasteiger partial charge on any atom is 0.244 e. The Hall–Kier alpha value is -1.74. The average Bonchev–Trinajstić information content (AvgIpc) is 2.91. The molecule has 2 aromatic rings. The van der Waals surface area contributed by atoms with Gasteiger partial charge in [-0.15, -0.1) is 0 Å². The SMILES string of the molecule is CC(NS(=O)(=O)c1cn[nH]c1)c1ncn[nH]1. The molecule has 16 heavy (non-hydrogen) atoms. The van der Waals surface area contributed by atoms with E-state index < -0.39 is 16.1 Å². The van der Waals surface area contributed by atoms with E-state index in [-0.39, 0.29) is 4.90 Å². The summed E-state index contributed by atoms with van der Waals surface area (Å²) in [5.41, 5.74) is 0. The number of hydrogen-bond donors (Lipinski definition) is 3. The van der Waals surface area contributed by atoms with Crippen LogP contribution in [0.4, 0.5) is 0 Å². The van der Waals surface area contributed by atoms with Crippen LogP contribution in [0.2, 0.25) is 0 Å². The first-order valence-electron chi connectivity index (χ1n) is 4.46. The second-order valence-electron chi connectivity index (χ2n) is 3.15. The highest BCUT2D eigenvalue weighted by Crippen LogP contribution is 2.11. The summed E-state index contributed by atoms with van der Waals surface area (Å²) < 4.78 is 26.0. The summed E-state index contributed by atoms with van der Waals surface area (Å²) in [4.78, 5) is 3.95. The van der Waals surface area contributed by atoms with E-state index >= 15 is 0 Å². The van der Waals surface area contributed by atoms with Crippen LogP contribution in [0.3, 0.4) is 0 Å². The molecular weight excluding hydrogens is 232 g/mol. The number of nitrogens with zero attached hydrogens (tertiary/aromatic N) is 3. The summed E-state index contributed by atoms with van der Waals surface area (Å²) >= 11 is 0. The van der Waals surface area contributed by atoms with Crippen LogP contribution in [-0.2, 0) is 10.0 Å². The average molecular weight is 242 g/mol. The van der Waals surface area contributed by atoms with Gasteiger partial charge in [-0.25, -0.2) is 18.1 Å². The molecule has 2 aromatic heterocycles. The lowest BCUT2D eigenvalue weighted by Gasteiger charge is -2.09. The quantitative estimate of drug-likeness (QED) is 0.672. The van der Waals surface area contributed by atoms with Crippen LogP contribution in [0, 0.1) is 0 Å². The molecule has 8 nitrogen and oxygen atoms in total. The van der Waals surface area contributed by atoms with Crippen molar-refractivity contribution in [3.63, 3.8) is 0 Å². The van der Waals surface area contributed by atoms with Gasteiger partial charge in [0.2, 0.25) is 10.0 Å². The van der Waals surface area contributed by atoms with E-state index in [1.165, 1.54) is 18.7 Å². The Morgan fingerprint density at radius 1 is 1.44 bits per heavy atom. The van der Waals surface area contributed by atoms with Gasteiger partial charge in [-0.1, -0.05) is 0 Å². The molecule has 1 atom stereocenters. The Balaban J connectivity index is 2.16. The Morgan fingerprint density at radius 3 is 2.81 bits per heavy atom. The Labute approximate surface area is 91.5 Å². The first kappa shape index (κ1) is 10.8. The van der Waals surface area contributed by atoms with Gasteiger partial charge in [0.15, 0.2) is 0 Å². The summed E-state index contributed by atoms with van der Waals surface area (Å²) in [6.45, 7) is 1.66. The summed E-state index contributed by atoms with van der Waals surface area (Å²) in [6.07, 6.45) is 3.85. The van der Waals surface area contributed by atoms with Crippen molar-refractivity contribution in [1.29, 1.82) is 0 Å². The van der Waals surface area contributed by atoms with E-state index in [1.54, 1.807) is 6.92 Å². The number of rotatable bonds is 4. The number of H-pyrrole nitrogens is 2. The second kappa shape index (κ2) is 4.02. The van der Waals surface area contributed by atoms with Crippen LogP contribution in [0.15, 0.2) is 23.6 Å². The molecule has 3 N–H and O–H groups in total. The number of nitrogens with one attached hydrogen (secondary N) is 3. The highest BCUT2D eigenvalue weighted by Gasteiger charge is 2.20. The van der Waals surface area contributed by atoms with Gasteiger partial charge in [-0.05, 0) is 6.92 Å². The molecule has 0 aliphatic heterocycles. The Morgan fingerprint density at radius 2 is 2.25 bits per heavy atom. The second-order valence-corrected chi connectivity index (χ2v) is 4.86. The minimum absolute atomic E-state index is 0.0823. The monoisotopic (exact) mass is 242 g/mol. The van der Waals surface area contributed by atoms with Crippen molar-refractivity contribution >= 4 is 10.0 Å². The van der Waals surface area contributed by atoms with Crippen molar-refractivity contribution in [2.45, 2.75) is 17.9 Å². The van der Waals surface area contributed by atoms with Gasteiger partial charge < -0.3 is 0 Å². The maximum absolute atomic E-state index is 11.8. The zero-order chi connectivity index (χ0) is 11.6. The van der Waals surface area contributed by atoms with Gasteiger partial charge in [0, 0.05) is 6.20 Å². The molecule has 0 spiro atoms. The van der Waals surface area contributed by atoms with Crippen molar-refractivity contribution in [3.05, 3.63) is 24.5 Å². The van der Waals surface area contributed by atoms with Crippen molar-refractivity contribution in [3.8, 4) is 0 Å². The van der Waals surface area contributed by atoms with Crippen LogP contribution >= 0.6 is 0 Å². The summed E-state index contributed by atoms with van der Waals surface area (Å²) in [7, 11) is -3.57. The molecule has 1 unspecified atom stereocenters. The van der Waals surface area contributed by atoms with E-state index in [1.807, 2.05) is 0 Å². The minimum atomic E-state index is -3.57. The molecule has 86 valence electrons. The molecule has 9 heteroatoms. The molecule has 0 radical (unpaired) electrons. The van der Waals surface area contributed by atoms with E-state index in [0.29, 0.717) is 5.82 Å². The van der Waals surface area contributed by atoms with Gasteiger partial charge in [0.05, 0.1) is 12.2 Å². The van der Waals surface area contributed by atoms with E-state index in [2.05, 4.69) is 30.1 Å². The first-order valence-corrected chi connectivity index (χ1v) is 5.94. The van der Waals surface area contributed by atoms with Crippen molar-refractivity contribution < 1.29 is 8.42 Å². The molecule has 0 fully saturated rings. The van der Waals surface area contributed by atoms with Crippen molar-refractivity contribution in [1.82, 2.24) is 30.1 Å². The summed E-state index contributed by atoms with van der Waals surface area (Å²) in [6, 6.07) is -0.484. The fraction of sp³-hybridized carbons (Fsp3) is 0.286. The van der Waals surface area contributed by atoms with Crippen LogP contribution in [0.25, 0.3) is 0 Å². The number of sulfonamides is 1. The van der Waals surface area contributed by atoms with Gasteiger partial charge in [0.25, 0.3) is 0 Å². The fourth-order valence-electron chi connectivity index (χ4n) is 1.17. The maximum atomic E-state index is 11.8. The van der Waals surface area contributed by atoms with Crippen molar-refractivity contribution in [2.75, 3.05) is 0 Å². The van der Waals surface area contributed by atoms with Crippen LogP contribution < -0.4 is 4.72 Å². The molecular formula is C7H10N6O2S. The molecule has 2 rings (SSSR count). The topological polar surface area (TPSA) is 116 Å². The van der Waals surface area contributed by atoms with Crippen LogP contribution in [-0.4, -0.2) is 33.8 Å². The zero-order valence-corrected chi connectivity index (χ0v) is 9.19. The molecule has 0 aliphatic carbocycles. The lowest BCUT2D eigenvalue weighted by Crippen LogP contribution is -2.27. The molecule has 0 amide bonds. The lowest BCUT2D eigenvalue weighted by molar-refractivity contribution is 0.560. The van der Waals surface area contributed by atoms with Crippen molar-refractivity contribution in [2.24, 2.45) is 0 Å². The van der Waals surface area contributed by atoms with E-state index in [4.69, 9.17) is 0 Å². The number of aromatic amines is 2. The lowest BCUT2D eigenvalue weighted by atomic mass is 10.3. The standard InChI is InChI=1S/C7H10N6O2S/c1-5(7-8-4-11-12-7)13-16(14,15)6-2-9-10-3-6/h2-5,13H,1H3,(H,9,10)(H,8,11,12). The molecule has 0 saturated heterocycles. The third-order valence-corrected chi connectivity index (χ3v) is 3.47. The Bertz CT molecular complexity index is 531. The third-order valence-electron chi connectivity index (χ3n) is 1.96. The van der Waals surface area contributed by atoms with Gasteiger partial charge in [0.1, 0.15) is 17.0 Å². The molecule has 0 bridgehead atoms. The largest absolute Gasteiger partial charge is 0.284 e. The number of aromatic nitrogens is 5. The molecule has 0 aromatic carbocycles. The zero-order valence-electron chi connectivity index (χ0n) is 8.38. The van der Waals surface area contributed by atoms with Crippen LogP contribution in [0.1, 0.15) is 18.8 Å². The highest BCUT2D eigenvalue weighted by atomic mass is 32.2. The first-order chi connectivity index (χ1) is 7.59. The van der Waals surface area contributed by atoms with Gasteiger partial charge in [-0.2, -0.15) is 10.2 Å². The normalized spacial score (nSPS) is 13.8. The molecule has 0 aliphatic rings. The third kappa shape index (κ3) is 2.09. The summed E-state index contributed by atoms with van der Waals surface area (Å²) in [5.74, 6) is 0.451. The predicted octanol–water partition coefficient (Wildman–Crippen LogP) is -0.433. The molecule has 2 heterocycles. The highest BCUT2D eigenvalue weighted by molar-refractivity contribution is 7.89. The van der Waals surface area contributed by atoms with Gasteiger partial charge in [-0.3, -0.25) is 10.2 Å². The van der Waals surface area contributed by atoms with E-state index in [0.717, 1.165) is 0 Å². The summed E-state index contributed by atoms with van der Waals surface area (Å²) in [5, 5.41) is 12.3. The predicted molar refractivity (Wildman–Crippen MR) is 53.7 cm³/mol. The number of hydrogen-bond acceptors (Lipinski definition) is 5. The fourth-order valence-corrected chi connectivity index (χ4v) is 2.28. The van der Waals surface area contributed by atoms with Crippen LogP contribution in [0.5, 0.6) is 0 Å². The molecule has 0 saturated carbocycles. The van der Waals surface area contributed by atoms with Gasteiger partial charge >= 0.3 is 0 Å². The Kier molecular flexibility index (Phi) is 2.71. The van der Waals surface area contributed by atoms with E-state index in [9.17, 15) is 8.42 Å². The smallest absolute Gasteiger partial charge is 0.244 e. The minimum Gasteiger partial charge on any atom is -0.284 e.